The minimum atomic E-state index is -0.727. The molecule has 1 fully saturated rings. The molecule has 21 heavy (non-hydrogen) atoms. The summed E-state index contributed by atoms with van der Waals surface area (Å²) in [4.78, 5) is 35.5. The molecule has 116 valence electrons. The molecule has 1 saturated heterocycles. The second kappa shape index (κ2) is 7.33. The van der Waals surface area contributed by atoms with Gasteiger partial charge >= 0.3 is 5.97 Å². The van der Waals surface area contributed by atoms with E-state index in [9.17, 15) is 14.4 Å². The maximum Gasteiger partial charge on any atom is 0.337 e. The molecule has 2 atom stereocenters. The molecule has 2 rings (SSSR count). The summed E-state index contributed by atoms with van der Waals surface area (Å²) in [5.74, 6) is -1.11. The largest absolute Gasteiger partial charge is 0.464 e. The number of ether oxygens (including phenoxy) is 3. The summed E-state index contributed by atoms with van der Waals surface area (Å²) >= 11 is 0. The lowest BCUT2D eigenvalue weighted by atomic mass is 10.3. The van der Waals surface area contributed by atoms with Gasteiger partial charge in [0, 0.05) is 25.1 Å². The Labute approximate surface area is 122 Å². The molecule has 2 aliphatic heterocycles. The Morgan fingerprint density at radius 2 is 2.10 bits per heavy atom. The molecule has 2 heterocycles. The number of nitrogens with zero attached hydrogens (tertiary/aromatic N) is 1. The molecule has 0 aromatic carbocycles. The zero-order valence-corrected chi connectivity index (χ0v) is 11.9. The highest BCUT2D eigenvalue weighted by molar-refractivity contribution is 6.12. The third-order valence-corrected chi connectivity index (χ3v) is 3.24. The molecule has 7 nitrogen and oxygen atoms in total. The van der Waals surface area contributed by atoms with Crippen molar-refractivity contribution in [2.45, 2.75) is 38.6 Å². The van der Waals surface area contributed by atoms with Crippen molar-refractivity contribution in [1.29, 1.82) is 0 Å². The van der Waals surface area contributed by atoms with Crippen LogP contribution in [0.4, 0.5) is 0 Å². The summed E-state index contributed by atoms with van der Waals surface area (Å²) in [5, 5.41) is 0. The lowest BCUT2D eigenvalue weighted by molar-refractivity contribution is -0.158. The average Bonchev–Trinajstić information content (AvgIpc) is 3.05. The van der Waals surface area contributed by atoms with Crippen LogP contribution in [0.1, 0.15) is 26.2 Å². The van der Waals surface area contributed by atoms with Crippen LogP contribution in [0, 0.1) is 0 Å². The molecular weight excluding hydrogens is 278 g/mol. The Balaban J connectivity index is 1.69. The standard InChI is InChI=1S/C14H19NO6/c1-2-3-8-19-14(18)10-9-20-13(21-10)6-7-15-11(16)4-5-12(15)17/h4-5,10,13H,2-3,6-9H2,1H3. The van der Waals surface area contributed by atoms with Gasteiger partial charge in [-0.3, -0.25) is 14.5 Å². The number of rotatable bonds is 7. The maximum atomic E-state index is 11.7. The number of imide groups is 1. The van der Waals surface area contributed by atoms with E-state index in [1.807, 2.05) is 6.92 Å². The number of amides is 2. The molecular formula is C14H19NO6. The van der Waals surface area contributed by atoms with Gasteiger partial charge in [-0.25, -0.2) is 4.79 Å². The molecule has 0 aliphatic carbocycles. The minimum Gasteiger partial charge on any atom is -0.464 e. The van der Waals surface area contributed by atoms with Gasteiger partial charge in [0.15, 0.2) is 12.4 Å². The summed E-state index contributed by atoms with van der Waals surface area (Å²) < 4.78 is 15.8. The first-order valence-corrected chi connectivity index (χ1v) is 7.09. The van der Waals surface area contributed by atoms with Crippen molar-refractivity contribution in [1.82, 2.24) is 4.90 Å². The average molecular weight is 297 g/mol. The van der Waals surface area contributed by atoms with Gasteiger partial charge in [-0.15, -0.1) is 0 Å². The molecule has 7 heteroatoms. The Morgan fingerprint density at radius 3 is 2.76 bits per heavy atom. The predicted octanol–water partition coefficient (Wildman–Crippen LogP) is 0.386. The fourth-order valence-corrected chi connectivity index (χ4v) is 2.03. The summed E-state index contributed by atoms with van der Waals surface area (Å²) in [5.41, 5.74) is 0. The first-order chi connectivity index (χ1) is 10.1. The van der Waals surface area contributed by atoms with Gasteiger partial charge in [-0.2, -0.15) is 0 Å². The van der Waals surface area contributed by atoms with Crippen LogP contribution in [-0.2, 0) is 28.6 Å². The number of carbonyl (C=O) groups is 3. The van der Waals surface area contributed by atoms with Gasteiger partial charge in [0.1, 0.15) is 0 Å². The third-order valence-electron chi connectivity index (χ3n) is 3.24. The van der Waals surface area contributed by atoms with Crippen LogP contribution in [0.15, 0.2) is 12.2 Å². The molecule has 0 N–H and O–H groups in total. The Morgan fingerprint density at radius 1 is 1.38 bits per heavy atom. The van der Waals surface area contributed by atoms with Gasteiger partial charge < -0.3 is 14.2 Å². The molecule has 0 aromatic heterocycles. The summed E-state index contributed by atoms with van der Waals surface area (Å²) in [6.45, 7) is 2.72. The first-order valence-electron chi connectivity index (χ1n) is 7.09. The van der Waals surface area contributed by atoms with Crippen LogP contribution in [0.3, 0.4) is 0 Å². The predicted molar refractivity (Wildman–Crippen MR) is 71.0 cm³/mol. The summed E-state index contributed by atoms with van der Waals surface area (Å²) in [7, 11) is 0. The lowest BCUT2D eigenvalue weighted by Gasteiger charge is -2.16. The molecule has 0 spiro atoms. The van der Waals surface area contributed by atoms with Crippen LogP contribution in [0.25, 0.3) is 0 Å². The van der Waals surface area contributed by atoms with E-state index in [1.54, 1.807) is 0 Å². The monoisotopic (exact) mass is 297 g/mol. The smallest absolute Gasteiger partial charge is 0.337 e. The van der Waals surface area contributed by atoms with Crippen LogP contribution >= 0.6 is 0 Å². The number of unbranched alkanes of at least 4 members (excludes halogenated alkanes) is 1. The Hall–Kier alpha value is -1.73. The highest BCUT2D eigenvalue weighted by Crippen LogP contribution is 2.17. The van der Waals surface area contributed by atoms with Gasteiger partial charge in [-0.1, -0.05) is 13.3 Å². The first kappa shape index (κ1) is 15.7. The van der Waals surface area contributed by atoms with E-state index in [2.05, 4.69) is 0 Å². The molecule has 0 aromatic rings. The second-order valence-corrected chi connectivity index (χ2v) is 4.86. The fraction of sp³-hybridized carbons (Fsp3) is 0.643. The van der Waals surface area contributed by atoms with E-state index in [4.69, 9.17) is 14.2 Å². The SMILES string of the molecule is CCCCOC(=O)C1COC(CCN2C(=O)C=CC2=O)O1. The highest BCUT2D eigenvalue weighted by Gasteiger charge is 2.34. The molecule has 0 bridgehead atoms. The van der Waals surface area contributed by atoms with Gasteiger partial charge in [-0.05, 0) is 6.42 Å². The number of carbonyl (C=O) groups excluding carboxylic acids is 3. The van der Waals surface area contributed by atoms with Crippen molar-refractivity contribution in [3.63, 3.8) is 0 Å². The van der Waals surface area contributed by atoms with E-state index in [-0.39, 0.29) is 25.0 Å². The van der Waals surface area contributed by atoms with E-state index in [0.717, 1.165) is 17.7 Å². The summed E-state index contributed by atoms with van der Waals surface area (Å²) in [6, 6.07) is 0. The third kappa shape index (κ3) is 4.12. The summed E-state index contributed by atoms with van der Waals surface area (Å²) in [6.07, 6.45) is 3.22. The second-order valence-electron chi connectivity index (χ2n) is 4.86. The van der Waals surface area contributed by atoms with Crippen molar-refractivity contribution < 1.29 is 28.6 Å². The molecule has 0 saturated carbocycles. The van der Waals surface area contributed by atoms with Gasteiger partial charge in [0.2, 0.25) is 0 Å². The van der Waals surface area contributed by atoms with Crippen molar-refractivity contribution >= 4 is 17.8 Å². The van der Waals surface area contributed by atoms with Crippen LogP contribution < -0.4 is 0 Å². The topological polar surface area (TPSA) is 82.1 Å². The van der Waals surface area contributed by atoms with Crippen molar-refractivity contribution in [2.75, 3.05) is 19.8 Å². The Bertz CT molecular complexity index is 429. The molecule has 2 amide bonds. The minimum absolute atomic E-state index is 0.135. The quantitative estimate of drug-likeness (QED) is 0.384. The van der Waals surface area contributed by atoms with Crippen LogP contribution in [0.2, 0.25) is 0 Å². The van der Waals surface area contributed by atoms with E-state index >= 15 is 0 Å². The number of hydrogen-bond donors (Lipinski definition) is 0. The molecule has 2 unspecified atom stereocenters. The van der Waals surface area contributed by atoms with Gasteiger partial charge in [0.25, 0.3) is 11.8 Å². The zero-order chi connectivity index (χ0) is 15.2. The highest BCUT2D eigenvalue weighted by atomic mass is 16.7. The van der Waals surface area contributed by atoms with Gasteiger partial charge in [0.05, 0.1) is 13.2 Å². The molecule has 2 aliphatic rings. The van der Waals surface area contributed by atoms with Crippen molar-refractivity contribution in [2.24, 2.45) is 0 Å². The number of esters is 1. The maximum absolute atomic E-state index is 11.7. The van der Waals surface area contributed by atoms with Crippen molar-refractivity contribution in [3.8, 4) is 0 Å². The van der Waals surface area contributed by atoms with E-state index < -0.39 is 18.4 Å². The lowest BCUT2D eigenvalue weighted by Crippen LogP contribution is -2.33. The van der Waals surface area contributed by atoms with Crippen LogP contribution in [0.5, 0.6) is 0 Å². The normalized spacial score (nSPS) is 24.9. The fourth-order valence-electron chi connectivity index (χ4n) is 2.03. The number of hydrogen-bond acceptors (Lipinski definition) is 6. The zero-order valence-electron chi connectivity index (χ0n) is 11.9. The van der Waals surface area contributed by atoms with E-state index in [0.29, 0.717) is 13.0 Å². The Kier molecular flexibility index (Phi) is 5.46. The van der Waals surface area contributed by atoms with Crippen LogP contribution in [-0.4, -0.2) is 54.8 Å². The van der Waals surface area contributed by atoms with Crippen molar-refractivity contribution in [3.05, 3.63) is 12.2 Å². The molecule has 0 radical (unpaired) electrons. The van der Waals surface area contributed by atoms with E-state index in [1.165, 1.54) is 12.2 Å².